The highest BCUT2D eigenvalue weighted by atomic mass is 32.1. The van der Waals surface area contributed by atoms with Crippen molar-refractivity contribution in [2.75, 3.05) is 13.2 Å². The monoisotopic (exact) mass is 248 g/mol. The second-order valence-electron chi connectivity index (χ2n) is 3.26. The Bertz CT molecular complexity index is 381. The number of alkyl halides is 2. The van der Waals surface area contributed by atoms with Crippen LogP contribution in [0, 0.1) is 4.64 Å². The Kier molecular flexibility index (Phi) is 5.48. The second-order valence-corrected chi connectivity index (χ2v) is 3.68. The molecule has 0 fully saturated rings. The molecule has 1 aromatic rings. The van der Waals surface area contributed by atoms with E-state index in [4.69, 9.17) is 17.0 Å². The van der Waals surface area contributed by atoms with Gasteiger partial charge in [-0.3, -0.25) is 0 Å². The molecule has 0 radical (unpaired) electrons. The minimum Gasteiger partial charge on any atom is -0.375 e. The van der Waals surface area contributed by atoms with Crippen LogP contribution in [0.1, 0.15) is 18.4 Å². The molecule has 0 spiro atoms. The molecule has 0 aliphatic heterocycles. The molecule has 0 atom stereocenters. The van der Waals surface area contributed by atoms with Crippen molar-refractivity contribution in [2.45, 2.75) is 26.2 Å². The summed E-state index contributed by atoms with van der Waals surface area (Å²) < 4.78 is 28.8. The molecule has 90 valence electrons. The predicted molar refractivity (Wildman–Crippen MR) is 59.3 cm³/mol. The summed E-state index contributed by atoms with van der Waals surface area (Å²) in [5.74, 6) is 0.679. The molecule has 16 heavy (non-hydrogen) atoms. The zero-order chi connectivity index (χ0) is 12.0. The van der Waals surface area contributed by atoms with Gasteiger partial charge in [-0.2, -0.15) is 0 Å². The number of aromatic amines is 1. The van der Waals surface area contributed by atoms with Crippen molar-refractivity contribution in [3.05, 3.63) is 22.2 Å². The largest absolute Gasteiger partial charge is 0.375 e. The first-order chi connectivity index (χ1) is 7.61. The Labute approximate surface area is 97.9 Å². The van der Waals surface area contributed by atoms with Crippen LogP contribution >= 0.6 is 12.2 Å². The van der Waals surface area contributed by atoms with Gasteiger partial charge in [0, 0.05) is 12.1 Å². The Morgan fingerprint density at radius 1 is 1.56 bits per heavy atom. The van der Waals surface area contributed by atoms with E-state index < -0.39 is 13.0 Å². The highest BCUT2D eigenvalue weighted by molar-refractivity contribution is 7.71. The highest BCUT2D eigenvalue weighted by Crippen LogP contribution is 2.00. The summed E-state index contributed by atoms with van der Waals surface area (Å²) in [5.41, 5.74) is 0.990. The van der Waals surface area contributed by atoms with Gasteiger partial charge < -0.3 is 9.72 Å². The van der Waals surface area contributed by atoms with Gasteiger partial charge in [-0.25, -0.2) is 13.8 Å². The average molecular weight is 248 g/mol. The highest BCUT2D eigenvalue weighted by Gasteiger charge is 2.03. The van der Waals surface area contributed by atoms with E-state index in [1.54, 1.807) is 6.07 Å². The molecule has 0 unspecified atom stereocenters. The molecule has 0 bridgehead atoms. The minimum absolute atomic E-state index is 0.218. The van der Waals surface area contributed by atoms with Gasteiger partial charge in [0.2, 0.25) is 0 Å². The van der Waals surface area contributed by atoms with E-state index in [0.29, 0.717) is 16.9 Å². The van der Waals surface area contributed by atoms with Crippen molar-refractivity contribution in [3.63, 3.8) is 0 Å². The Hall–Kier alpha value is -0.880. The minimum atomic E-state index is -2.42. The molecule has 0 saturated carbocycles. The lowest BCUT2D eigenvalue weighted by molar-refractivity contribution is 0.0182. The van der Waals surface area contributed by atoms with Crippen LogP contribution in [0.2, 0.25) is 0 Å². The van der Waals surface area contributed by atoms with Crippen molar-refractivity contribution < 1.29 is 13.5 Å². The molecule has 1 aromatic heterocycles. The third kappa shape index (κ3) is 4.76. The number of ether oxygens (including phenoxy) is 1. The van der Waals surface area contributed by atoms with Gasteiger partial charge in [0.25, 0.3) is 6.43 Å². The number of rotatable bonds is 6. The topological polar surface area (TPSA) is 37.9 Å². The first-order valence-corrected chi connectivity index (χ1v) is 5.47. The average Bonchev–Trinajstić information content (AvgIpc) is 2.23. The van der Waals surface area contributed by atoms with E-state index in [-0.39, 0.29) is 6.61 Å². The lowest BCUT2D eigenvalue weighted by Crippen LogP contribution is -2.09. The maximum Gasteiger partial charge on any atom is 0.261 e. The number of aryl methyl sites for hydroxylation is 1. The van der Waals surface area contributed by atoms with E-state index in [1.165, 1.54) is 0 Å². The van der Waals surface area contributed by atoms with Gasteiger partial charge in [0.15, 0.2) is 0 Å². The predicted octanol–water partition coefficient (Wildman–Crippen LogP) is 2.53. The Morgan fingerprint density at radius 3 is 2.94 bits per heavy atom. The van der Waals surface area contributed by atoms with Crippen molar-refractivity contribution in [2.24, 2.45) is 0 Å². The zero-order valence-electron chi connectivity index (χ0n) is 9.00. The van der Waals surface area contributed by atoms with Crippen LogP contribution in [-0.2, 0) is 17.6 Å². The van der Waals surface area contributed by atoms with E-state index in [0.717, 1.165) is 12.1 Å². The fourth-order valence-electron chi connectivity index (χ4n) is 1.21. The molecule has 0 aliphatic carbocycles. The molecule has 0 saturated heterocycles. The number of halogens is 2. The Balaban J connectivity index is 2.47. The van der Waals surface area contributed by atoms with Gasteiger partial charge in [-0.05, 0) is 12.5 Å². The van der Waals surface area contributed by atoms with Crippen LogP contribution in [-0.4, -0.2) is 29.6 Å². The van der Waals surface area contributed by atoms with Gasteiger partial charge in [0.1, 0.15) is 17.1 Å². The molecule has 1 heterocycles. The smallest absolute Gasteiger partial charge is 0.261 e. The number of H-pyrrole nitrogens is 1. The summed E-state index contributed by atoms with van der Waals surface area (Å²) in [6.07, 6.45) is -1.13. The molecular formula is C10H14F2N2OS. The molecular weight excluding hydrogens is 234 g/mol. The maximum absolute atomic E-state index is 11.8. The number of nitrogens with one attached hydrogen (secondary N) is 1. The van der Waals surface area contributed by atoms with Gasteiger partial charge >= 0.3 is 0 Å². The quantitative estimate of drug-likeness (QED) is 0.621. The lowest BCUT2D eigenvalue weighted by Gasteiger charge is -2.05. The second kappa shape index (κ2) is 6.65. The molecule has 0 aliphatic rings. The molecule has 3 nitrogen and oxygen atoms in total. The molecule has 0 aromatic carbocycles. The summed E-state index contributed by atoms with van der Waals surface area (Å²) in [6.45, 7) is 1.68. The third-order valence-electron chi connectivity index (χ3n) is 1.96. The molecule has 1 rings (SSSR count). The molecule has 1 N–H and O–H groups in total. The van der Waals surface area contributed by atoms with Gasteiger partial charge in [0.05, 0.1) is 6.61 Å². The SMILES string of the molecule is CCc1cc(=S)nc(CCOCC(F)F)[nH]1. The number of hydrogen-bond acceptors (Lipinski definition) is 3. The van der Waals surface area contributed by atoms with Crippen molar-refractivity contribution in [1.82, 2.24) is 9.97 Å². The van der Waals surface area contributed by atoms with Crippen LogP contribution < -0.4 is 0 Å². The fraction of sp³-hybridized carbons (Fsp3) is 0.600. The van der Waals surface area contributed by atoms with E-state index in [2.05, 4.69) is 9.97 Å². The van der Waals surface area contributed by atoms with Crippen LogP contribution in [0.25, 0.3) is 0 Å². The number of aromatic nitrogens is 2. The van der Waals surface area contributed by atoms with Crippen molar-refractivity contribution in [1.29, 1.82) is 0 Å². The normalized spacial score (nSPS) is 11.0. The first kappa shape index (κ1) is 13.2. The summed E-state index contributed by atoms with van der Waals surface area (Å²) >= 11 is 4.98. The van der Waals surface area contributed by atoms with Gasteiger partial charge in [-0.1, -0.05) is 19.1 Å². The van der Waals surface area contributed by atoms with Crippen LogP contribution in [0.5, 0.6) is 0 Å². The summed E-state index contributed by atoms with van der Waals surface area (Å²) in [5, 5.41) is 0. The first-order valence-electron chi connectivity index (χ1n) is 5.06. The van der Waals surface area contributed by atoms with E-state index >= 15 is 0 Å². The van der Waals surface area contributed by atoms with Crippen LogP contribution in [0.15, 0.2) is 6.07 Å². The molecule has 0 amide bonds. The van der Waals surface area contributed by atoms with Gasteiger partial charge in [-0.15, -0.1) is 0 Å². The number of hydrogen-bond donors (Lipinski definition) is 1. The van der Waals surface area contributed by atoms with E-state index in [1.807, 2.05) is 6.92 Å². The number of nitrogens with zero attached hydrogens (tertiary/aromatic N) is 1. The standard InChI is InChI=1S/C10H14F2N2OS/c1-2-7-5-10(16)14-9(13-7)3-4-15-6-8(11)12/h5,8H,2-4,6H2,1H3,(H,13,14,16). The zero-order valence-corrected chi connectivity index (χ0v) is 9.82. The fourth-order valence-corrected chi connectivity index (χ4v) is 1.47. The van der Waals surface area contributed by atoms with E-state index in [9.17, 15) is 8.78 Å². The maximum atomic E-state index is 11.8. The third-order valence-corrected chi connectivity index (χ3v) is 2.16. The van der Waals surface area contributed by atoms with Crippen LogP contribution in [0.4, 0.5) is 8.78 Å². The molecule has 6 heteroatoms. The Morgan fingerprint density at radius 2 is 2.31 bits per heavy atom. The lowest BCUT2D eigenvalue weighted by atomic mass is 10.3. The summed E-state index contributed by atoms with van der Waals surface area (Å²) in [7, 11) is 0. The summed E-state index contributed by atoms with van der Waals surface area (Å²) in [4.78, 5) is 7.17. The van der Waals surface area contributed by atoms with Crippen molar-refractivity contribution >= 4 is 12.2 Å². The summed E-state index contributed by atoms with van der Waals surface area (Å²) in [6, 6.07) is 1.79. The van der Waals surface area contributed by atoms with Crippen LogP contribution in [0.3, 0.4) is 0 Å². The van der Waals surface area contributed by atoms with Crippen molar-refractivity contribution in [3.8, 4) is 0 Å².